The summed E-state index contributed by atoms with van der Waals surface area (Å²) in [6.45, 7) is 2.10. The zero-order valence-corrected chi connectivity index (χ0v) is 7.62. The molecule has 13 heavy (non-hydrogen) atoms. The van der Waals surface area contributed by atoms with Gasteiger partial charge in [0.15, 0.2) is 0 Å². The minimum atomic E-state index is 0.980. The molecule has 0 aliphatic heterocycles. The van der Waals surface area contributed by atoms with Crippen molar-refractivity contribution in [1.82, 2.24) is 10.2 Å². The number of aromatic nitrogens is 2. The van der Waals surface area contributed by atoms with E-state index >= 15 is 0 Å². The first-order valence-corrected chi connectivity index (χ1v) is 4.39. The van der Waals surface area contributed by atoms with Crippen molar-refractivity contribution in [3.05, 3.63) is 47.8 Å². The predicted molar refractivity (Wildman–Crippen MR) is 54.1 cm³/mol. The number of hydrogen-bond acceptors (Lipinski definition) is 1. The van der Waals surface area contributed by atoms with E-state index < -0.39 is 0 Å². The van der Waals surface area contributed by atoms with Crippen molar-refractivity contribution in [2.45, 2.75) is 13.3 Å². The molecule has 66 valence electrons. The molecule has 0 saturated carbocycles. The molecule has 1 aromatic heterocycles. The summed E-state index contributed by atoms with van der Waals surface area (Å²) in [5, 5.41) is 6.76. The molecular formula is C11H12N2. The van der Waals surface area contributed by atoms with Gasteiger partial charge in [-0.25, -0.2) is 0 Å². The molecule has 0 radical (unpaired) electrons. The Balaban J connectivity index is 2.31. The minimum absolute atomic E-state index is 0.980. The second kappa shape index (κ2) is 3.44. The van der Waals surface area contributed by atoms with Crippen LogP contribution in [-0.2, 0) is 0 Å². The molecule has 0 amide bonds. The van der Waals surface area contributed by atoms with E-state index in [2.05, 4.69) is 41.4 Å². The highest BCUT2D eigenvalue weighted by atomic mass is 15.1. The lowest BCUT2D eigenvalue weighted by atomic mass is 10.1. The molecule has 1 N–H and O–H groups in total. The van der Waals surface area contributed by atoms with Gasteiger partial charge in [-0.2, -0.15) is 5.10 Å². The van der Waals surface area contributed by atoms with Gasteiger partial charge in [0.25, 0.3) is 0 Å². The molecule has 0 bridgehead atoms. The van der Waals surface area contributed by atoms with Crippen molar-refractivity contribution in [3.63, 3.8) is 0 Å². The summed E-state index contributed by atoms with van der Waals surface area (Å²) in [7, 11) is 0. The van der Waals surface area contributed by atoms with Crippen molar-refractivity contribution < 1.29 is 0 Å². The molecule has 0 unspecified atom stereocenters. The number of H-pyrrole nitrogens is 1. The highest BCUT2D eigenvalue weighted by molar-refractivity contribution is 5.68. The van der Waals surface area contributed by atoms with Crippen LogP contribution in [0.3, 0.4) is 0 Å². The maximum Gasteiger partial charge on any atom is 0.0562 e. The third kappa shape index (κ3) is 1.78. The molecule has 0 spiro atoms. The van der Waals surface area contributed by atoms with Crippen LogP contribution >= 0.6 is 0 Å². The van der Waals surface area contributed by atoms with Crippen LogP contribution in [0.2, 0.25) is 0 Å². The smallest absolute Gasteiger partial charge is 0.0562 e. The number of rotatable bonds is 1. The Kier molecular flexibility index (Phi) is 2.13. The molecule has 1 aromatic rings. The molecule has 1 heterocycles. The van der Waals surface area contributed by atoms with Gasteiger partial charge in [-0.15, -0.1) is 0 Å². The zero-order valence-electron chi connectivity index (χ0n) is 7.62. The Morgan fingerprint density at radius 1 is 1.38 bits per heavy atom. The van der Waals surface area contributed by atoms with E-state index in [0.29, 0.717) is 0 Å². The maximum absolute atomic E-state index is 3.94. The van der Waals surface area contributed by atoms with Gasteiger partial charge < -0.3 is 0 Å². The normalized spacial score (nSPS) is 16.4. The third-order valence-electron chi connectivity index (χ3n) is 2.13. The fourth-order valence-corrected chi connectivity index (χ4v) is 1.37. The molecule has 2 heteroatoms. The molecule has 2 rings (SSSR count). The molecule has 1 aliphatic rings. The van der Waals surface area contributed by atoms with Crippen molar-refractivity contribution in [2.24, 2.45) is 0 Å². The third-order valence-corrected chi connectivity index (χ3v) is 2.13. The van der Waals surface area contributed by atoms with Gasteiger partial charge in [-0.1, -0.05) is 29.9 Å². The van der Waals surface area contributed by atoms with Crippen LogP contribution in [-0.4, -0.2) is 10.2 Å². The largest absolute Gasteiger partial charge is 0.285 e. The first-order chi connectivity index (χ1) is 6.36. The molecule has 0 aromatic carbocycles. The van der Waals surface area contributed by atoms with Gasteiger partial charge in [-0.05, 0) is 18.9 Å². The second-order valence-corrected chi connectivity index (χ2v) is 3.20. The fourth-order valence-electron chi connectivity index (χ4n) is 1.37. The summed E-state index contributed by atoms with van der Waals surface area (Å²) < 4.78 is 0. The molecule has 0 fully saturated rings. The van der Waals surface area contributed by atoms with Crippen LogP contribution in [0, 0.1) is 0 Å². The van der Waals surface area contributed by atoms with Gasteiger partial charge in [-0.3, -0.25) is 5.10 Å². The van der Waals surface area contributed by atoms with Crippen molar-refractivity contribution in [1.29, 1.82) is 0 Å². The highest BCUT2D eigenvalue weighted by Crippen LogP contribution is 2.20. The van der Waals surface area contributed by atoms with E-state index in [4.69, 9.17) is 0 Å². The summed E-state index contributed by atoms with van der Waals surface area (Å²) in [4.78, 5) is 0. The fraction of sp³-hybridized carbons (Fsp3) is 0.182. The number of allylic oxidation sites excluding steroid dienone is 6. The molecule has 2 nitrogen and oxygen atoms in total. The average molecular weight is 172 g/mol. The van der Waals surface area contributed by atoms with Crippen LogP contribution < -0.4 is 0 Å². The highest BCUT2D eigenvalue weighted by Gasteiger charge is 2.01. The standard InChI is InChI=1S/C11H12N2/c1-9-3-2-4-10(6-5-9)11-7-12-13-8-11/h2-3,5-8H,4H2,1H3,(H,12,13). The van der Waals surface area contributed by atoms with Gasteiger partial charge in [0.1, 0.15) is 0 Å². The summed E-state index contributed by atoms with van der Waals surface area (Å²) >= 11 is 0. The topological polar surface area (TPSA) is 28.7 Å². The number of hydrogen-bond donors (Lipinski definition) is 1. The van der Waals surface area contributed by atoms with Crippen molar-refractivity contribution in [2.75, 3.05) is 0 Å². The number of aromatic amines is 1. The van der Waals surface area contributed by atoms with Crippen LogP contribution in [0.1, 0.15) is 18.9 Å². The summed E-state index contributed by atoms with van der Waals surface area (Å²) in [6, 6.07) is 0. The lowest BCUT2D eigenvalue weighted by molar-refractivity contribution is 1.09. The SMILES string of the molecule is CC1=CC=C(c2cn[nH]c2)CC=C1. The Labute approximate surface area is 77.7 Å². The van der Waals surface area contributed by atoms with Crippen LogP contribution in [0.25, 0.3) is 5.57 Å². The van der Waals surface area contributed by atoms with E-state index in [-0.39, 0.29) is 0 Å². The van der Waals surface area contributed by atoms with Gasteiger partial charge in [0, 0.05) is 11.8 Å². The Hall–Kier alpha value is -1.57. The number of nitrogens with zero attached hydrogens (tertiary/aromatic N) is 1. The molecular weight excluding hydrogens is 160 g/mol. The first kappa shape index (κ1) is 8.05. The zero-order chi connectivity index (χ0) is 9.10. The van der Waals surface area contributed by atoms with Gasteiger partial charge >= 0.3 is 0 Å². The van der Waals surface area contributed by atoms with Gasteiger partial charge in [0.05, 0.1) is 6.20 Å². The minimum Gasteiger partial charge on any atom is -0.285 e. The van der Waals surface area contributed by atoms with Crippen LogP contribution in [0.5, 0.6) is 0 Å². The van der Waals surface area contributed by atoms with Gasteiger partial charge in [0.2, 0.25) is 0 Å². The van der Waals surface area contributed by atoms with E-state index in [1.165, 1.54) is 16.7 Å². The Morgan fingerprint density at radius 2 is 2.31 bits per heavy atom. The van der Waals surface area contributed by atoms with E-state index in [1.54, 1.807) is 0 Å². The van der Waals surface area contributed by atoms with E-state index in [1.807, 2.05) is 12.4 Å². The predicted octanol–water partition coefficient (Wildman–Crippen LogP) is 2.70. The average Bonchev–Trinajstić information content (AvgIpc) is 2.56. The van der Waals surface area contributed by atoms with E-state index in [9.17, 15) is 0 Å². The van der Waals surface area contributed by atoms with E-state index in [0.717, 1.165) is 6.42 Å². The monoisotopic (exact) mass is 172 g/mol. The van der Waals surface area contributed by atoms with Crippen molar-refractivity contribution in [3.8, 4) is 0 Å². The summed E-state index contributed by atoms with van der Waals surface area (Å²) in [6.07, 6.45) is 13.4. The van der Waals surface area contributed by atoms with Crippen LogP contribution in [0.4, 0.5) is 0 Å². The number of nitrogens with one attached hydrogen (secondary N) is 1. The quantitative estimate of drug-likeness (QED) is 0.693. The lowest BCUT2D eigenvalue weighted by Gasteiger charge is -1.96. The first-order valence-electron chi connectivity index (χ1n) is 4.39. The lowest BCUT2D eigenvalue weighted by Crippen LogP contribution is -1.77. The Morgan fingerprint density at radius 3 is 3.08 bits per heavy atom. The molecule has 1 aliphatic carbocycles. The van der Waals surface area contributed by atoms with Crippen molar-refractivity contribution >= 4 is 5.57 Å². The second-order valence-electron chi connectivity index (χ2n) is 3.20. The Bertz CT molecular complexity index is 367. The molecule has 0 saturated heterocycles. The van der Waals surface area contributed by atoms with Crippen LogP contribution in [0.15, 0.2) is 42.3 Å². The summed E-state index contributed by atoms with van der Waals surface area (Å²) in [5.41, 5.74) is 3.77. The summed E-state index contributed by atoms with van der Waals surface area (Å²) in [5.74, 6) is 0. The molecule has 0 atom stereocenters. The maximum atomic E-state index is 3.94.